The lowest BCUT2D eigenvalue weighted by atomic mass is 9.77. The van der Waals surface area contributed by atoms with Crippen LogP contribution < -0.4 is 0 Å². The van der Waals surface area contributed by atoms with E-state index in [9.17, 15) is 29.4 Å². The van der Waals surface area contributed by atoms with Crippen LogP contribution in [-0.4, -0.2) is 83.5 Å². The summed E-state index contributed by atoms with van der Waals surface area (Å²) in [4.78, 5) is 50.4. The minimum absolute atomic E-state index is 0.0690. The van der Waals surface area contributed by atoms with Crippen molar-refractivity contribution in [2.75, 3.05) is 33.0 Å². The van der Waals surface area contributed by atoms with Gasteiger partial charge in [0.05, 0.1) is 37.5 Å². The molecule has 30 heavy (non-hydrogen) atoms. The Balaban J connectivity index is 1.47. The molecule has 2 saturated heterocycles. The molecular weight excluding hydrogens is 398 g/mol. The Morgan fingerprint density at radius 2 is 1.93 bits per heavy atom. The Labute approximate surface area is 173 Å². The third kappa shape index (κ3) is 3.63. The highest BCUT2D eigenvalue weighted by atomic mass is 16.6. The summed E-state index contributed by atoms with van der Waals surface area (Å²) >= 11 is 0. The van der Waals surface area contributed by atoms with Crippen molar-refractivity contribution in [2.45, 2.75) is 32.5 Å². The fraction of sp³-hybridized carbons (Fsp3) is 0.700. The Kier molecular flexibility index (Phi) is 6.03. The molecule has 1 spiro atoms. The first-order chi connectivity index (χ1) is 14.1. The number of epoxide rings is 1. The maximum Gasteiger partial charge on any atom is 0.316 e. The van der Waals surface area contributed by atoms with Gasteiger partial charge in [0.15, 0.2) is 0 Å². The van der Waals surface area contributed by atoms with Gasteiger partial charge in [-0.15, -0.1) is 0 Å². The Morgan fingerprint density at radius 3 is 2.50 bits per heavy atom. The van der Waals surface area contributed by atoms with E-state index in [0.717, 1.165) is 4.90 Å². The molecule has 1 aliphatic carbocycles. The van der Waals surface area contributed by atoms with Crippen LogP contribution in [0.2, 0.25) is 0 Å². The maximum atomic E-state index is 12.7. The molecule has 5 atom stereocenters. The number of likely N-dealkylation sites (tertiary alicyclic amines) is 1. The molecule has 3 rings (SSSR count). The van der Waals surface area contributed by atoms with Crippen molar-refractivity contribution in [3.05, 3.63) is 12.2 Å². The highest BCUT2D eigenvalue weighted by Gasteiger charge is 2.70. The average molecular weight is 425 g/mol. The first-order valence-electron chi connectivity index (χ1n) is 9.89. The van der Waals surface area contributed by atoms with Crippen LogP contribution >= 0.6 is 0 Å². The van der Waals surface area contributed by atoms with E-state index in [1.165, 1.54) is 13.8 Å². The minimum atomic E-state index is -1.45. The molecule has 2 fully saturated rings. The van der Waals surface area contributed by atoms with Gasteiger partial charge >= 0.3 is 11.9 Å². The number of hydrogen-bond acceptors (Lipinski definition) is 9. The average Bonchev–Trinajstić information content (AvgIpc) is 3.50. The van der Waals surface area contributed by atoms with E-state index >= 15 is 0 Å². The van der Waals surface area contributed by atoms with Crippen molar-refractivity contribution >= 4 is 23.8 Å². The zero-order valence-corrected chi connectivity index (χ0v) is 17.2. The molecule has 0 bridgehead atoms. The van der Waals surface area contributed by atoms with Crippen LogP contribution in [-0.2, 0) is 33.4 Å². The zero-order valence-electron chi connectivity index (χ0n) is 17.2. The normalized spacial score (nSPS) is 30.6. The Bertz CT molecular complexity index is 774. The van der Waals surface area contributed by atoms with Crippen LogP contribution in [0.1, 0.15) is 20.8 Å². The van der Waals surface area contributed by atoms with Gasteiger partial charge in [0.2, 0.25) is 11.8 Å². The number of aliphatic hydroxyl groups excluding tert-OH is 2. The number of rotatable bonds is 9. The first kappa shape index (κ1) is 22.4. The van der Waals surface area contributed by atoms with Crippen LogP contribution in [0, 0.1) is 23.2 Å². The molecule has 5 unspecified atom stereocenters. The number of amides is 2. The first-order valence-corrected chi connectivity index (χ1v) is 9.89. The predicted molar refractivity (Wildman–Crippen MR) is 99.5 cm³/mol. The third-order valence-electron chi connectivity index (χ3n) is 6.01. The van der Waals surface area contributed by atoms with E-state index in [1.54, 1.807) is 13.0 Å². The van der Waals surface area contributed by atoms with Crippen molar-refractivity contribution < 1.29 is 43.6 Å². The van der Waals surface area contributed by atoms with E-state index in [2.05, 4.69) is 0 Å². The summed E-state index contributed by atoms with van der Waals surface area (Å²) in [5, 5.41) is 18.4. The second kappa shape index (κ2) is 8.09. The topological polar surface area (TPSA) is 143 Å². The Morgan fingerprint density at radius 1 is 1.27 bits per heavy atom. The molecule has 2 amide bonds. The van der Waals surface area contributed by atoms with Gasteiger partial charge < -0.3 is 24.4 Å². The third-order valence-corrected chi connectivity index (χ3v) is 6.01. The number of esters is 2. The monoisotopic (exact) mass is 425 g/mol. The molecule has 166 valence electrons. The zero-order chi connectivity index (χ0) is 22.3. The lowest BCUT2D eigenvalue weighted by Gasteiger charge is -2.29. The summed E-state index contributed by atoms with van der Waals surface area (Å²) < 4.78 is 15.7. The molecule has 0 saturated carbocycles. The van der Waals surface area contributed by atoms with Crippen LogP contribution in [0.15, 0.2) is 12.2 Å². The summed E-state index contributed by atoms with van der Waals surface area (Å²) in [5.41, 5.74) is -2.10. The largest absolute Gasteiger partial charge is 0.464 e. The Hall–Kier alpha value is -2.30. The SMILES string of the molecule is CC(COC(=O)C(C)(CO)CO)C(=O)OCCN1C(=O)C(C)C2OC23C=CC3C1=O. The van der Waals surface area contributed by atoms with Crippen molar-refractivity contribution in [3.63, 3.8) is 0 Å². The fourth-order valence-corrected chi connectivity index (χ4v) is 3.59. The molecule has 10 nitrogen and oxygen atoms in total. The minimum Gasteiger partial charge on any atom is -0.464 e. The number of hydrogen-bond donors (Lipinski definition) is 2. The highest BCUT2D eigenvalue weighted by Crippen LogP contribution is 2.56. The lowest BCUT2D eigenvalue weighted by Crippen LogP contribution is -2.47. The van der Waals surface area contributed by atoms with Crippen molar-refractivity contribution in [3.8, 4) is 0 Å². The molecule has 2 heterocycles. The van der Waals surface area contributed by atoms with E-state index in [4.69, 9.17) is 14.2 Å². The van der Waals surface area contributed by atoms with Gasteiger partial charge in [-0.1, -0.05) is 19.1 Å². The van der Waals surface area contributed by atoms with Crippen molar-refractivity contribution in [1.29, 1.82) is 0 Å². The highest BCUT2D eigenvalue weighted by molar-refractivity contribution is 6.02. The summed E-state index contributed by atoms with van der Waals surface area (Å²) in [5.74, 6) is -3.97. The van der Waals surface area contributed by atoms with E-state index in [0.29, 0.717) is 0 Å². The van der Waals surface area contributed by atoms with E-state index in [-0.39, 0.29) is 37.7 Å². The van der Waals surface area contributed by atoms with Gasteiger partial charge in [-0.2, -0.15) is 0 Å². The van der Waals surface area contributed by atoms with Gasteiger partial charge in [-0.05, 0) is 13.8 Å². The number of nitrogens with zero attached hydrogens (tertiary/aromatic N) is 1. The van der Waals surface area contributed by atoms with Gasteiger partial charge in [0, 0.05) is 0 Å². The fourth-order valence-electron chi connectivity index (χ4n) is 3.59. The van der Waals surface area contributed by atoms with Crippen LogP contribution in [0.25, 0.3) is 0 Å². The second-order valence-corrected chi connectivity index (χ2v) is 8.39. The van der Waals surface area contributed by atoms with Crippen LogP contribution in [0.4, 0.5) is 0 Å². The van der Waals surface area contributed by atoms with Crippen LogP contribution in [0.5, 0.6) is 0 Å². The lowest BCUT2D eigenvalue weighted by molar-refractivity contribution is -0.165. The van der Waals surface area contributed by atoms with Crippen LogP contribution in [0.3, 0.4) is 0 Å². The number of ether oxygens (including phenoxy) is 3. The van der Waals surface area contributed by atoms with Gasteiger partial charge in [-0.3, -0.25) is 24.1 Å². The number of carbonyl (C=O) groups is 4. The van der Waals surface area contributed by atoms with Gasteiger partial charge in [0.1, 0.15) is 30.3 Å². The maximum absolute atomic E-state index is 12.7. The molecule has 0 radical (unpaired) electrons. The standard InChI is InChI=1S/C20H27NO9/c1-11(8-29-18(27)19(3,9-22)10-23)17(26)28-7-6-21-15(24)12(2)14-20(30-14)5-4-13(20)16(21)25/h4-5,11-14,22-23H,6-10H2,1-3H3. The number of aliphatic hydroxyl groups is 2. The van der Waals surface area contributed by atoms with Crippen molar-refractivity contribution in [1.82, 2.24) is 4.90 Å². The number of carbonyl (C=O) groups excluding carboxylic acids is 4. The van der Waals surface area contributed by atoms with E-state index < -0.39 is 53.9 Å². The molecule has 3 aliphatic rings. The number of imide groups is 1. The summed E-state index contributed by atoms with van der Waals surface area (Å²) in [7, 11) is 0. The molecule has 10 heteroatoms. The quantitative estimate of drug-likeness (QED) is 0.206. The summed E-state index contributed by atoms with van der Waals surface area (Å²) in [6.45, 7) is 2.81. The molecule has 2 N–H and O–H groups in total. The van der Waals surface area contributed by atoms with E-state index in [1.807, 2.05) is 6.08 Å². The second-order valence-electron chi connectivity index (χ2n) is 8.39. The summed E-state index contributed by atoms with van der Waals surface area (Å²) in [6, 6.07) is 0. The molecule has 0 aromatic heterocycles. The summed E-state index contributed by atoms with van der Waals surface area (Å²) in [6.07, 6.45) is 3.24. The molecule has 2 aliphatic heterocycles. The molecule has 0 aromatic rings. The molecule has 0 aromatic carbocycles. The smallest absolute Gasteiger partial charge is 0.316 e. The van der Waals surface area contributed by atoms with Crippen molar-refractivity contribution in [2.24, 2.45) is 23.2 Å². The molecular formula is C20H27NO9. The van der Waals surface area contributed by atoms with Gasteiger partial charge in [-0.25, -0.2) is 0 Å². The van der Waals surface area contributed by atoms with Gasteiger partial charge in [0.25, 0.3) is 0 Å². The predicted octanol–water partition coefficient (Wildman–Crippen LogP) is -0.972.